The van der Waals surface area contributed by atoms with Crippen LogP contribution in [0.25, 0.3) is 0 Å². The number of rotatable bonds is 3. The third kappa shape index (κ3) is 2.32. The zero-order valence-electron chi connectivity index (χ0n) is 10.1. The van der Waals surface area contributed by atoms with Gasteiger partial charge in [-0.3, -0.25) is 0 Å². The molecule has 1 aliphatic heterocycles. The summed E-state index contributed by atoms with van der Waals surface area (Å²) in [5.41, 5.74) is 6.47. The van der Waals surface area contributed by atoms with Gasteiger partial charge in [0, 0.05) is 23.2 Å². The topological polar surface area (TPSA) is 53.7 Å². The molecule has 98 valence electrons. The van der Waals surface area contributed by atoms with Crippen LogP contribution in [0.5, 0.6) is 23.0 Å². The van der Waals surface area contributed by atoms with Crippen molar-refractivity contribution in [3.8, 4) is 23.0 Å². The van der Waals surface area contributed by atoms with Crippen molar-refractivity contribution in [1.82, 2.24) is 0 Å². The summed E-state index contributed by atoms with van der Waals surface area (Å²) in [4.78, 5) is 0. The van der Waals surface area contributed by atoms with E-state index in [4.69, 9.17) is 31.5 Å². The predicted molar refractivity (Wildman–Crippen MR) is 72.0 cm³/mol. The quantitative estimate of drug-likeness (QED) is 0.935. The summed E-state index contributed by atoms with van der Waals surface area (Å²) in [6.07, 6.45) is 0. The van der Waals surface area contributed by atoms with Crippen molar-refractivity contribution in [2.24, 2.45) is 5.73 Å². The van der Waals surface area contributed by atoms with Gasteiger partial charge in [0.15, 0.2) is 11.5 Å². The monoisotopic (exact) mass is 277 g/mol. The van der Waals surface area contributed by atoms with E-state index in [1.807, 2.05) is 24.3 Å². The van der Waals surface area contributed by atoms with Crippen LogP contribution >= 0.6 is 11.6 Å². The lowest BCUT2D eigenvalue weighted by Gasteiger charge is -2.11. The van der Waals surface area contributed by atoms with E-state index < -0.39 is 0 Å². The fourth-order valence-electron chi connectivity index (χ4n) is 1.90. The molecule has 0 aliphatic carbocycles. The van der Waals surface area contributed by atoms with Gasteiger partial charge in [-0.25, -0.2) is 0 Å². The minimum Gasteiger partial charge on any atom is -0.457 e. The second-order valence-electron chi connectivity index (χ2n) is 4.04. The Morgan fingerprint density at radius 3 is 2.84 bits per heavy atom. The summed E-state index contributed by atoms with van der Waals surface area (Å²) < 4.78 is 16.4. The Labute approximate surface area is 115 Å². The minimum absolute atomic E-state index is 0.240. The molecule has 3 rings (SSSR count). The van der Waals surface area contributed by atoms with E-state index in [9.17, 15) is 0 Å². The highest BCUT2D eigenvalue weighted by Crippen LogP contribution is 2.37. The summed E-state index contributed by atoms with van der Waals surface area (Å²) >= 11 is 6.08. The van der Waals surface area contributed by atoms with E-state index in [0.29, 0.717) is 28.8 Å². The van der Waals surface area contributed by atoms with Gasteiger partial charge in [0.05, 0.1) is 0 Å². The standard InChI is InChI=1S/C14H12ClNO3/c15-11-2-1-3-12(10(11)7-16)19-9-4-5-13-14(6-9)18-8-17-13/h1-6H,7-8,16H2. The van der Waals surface area contributed by atoms with E-state index in [0.717, 1.165) is 11.3 Å². The van der Waals surface area contributed by atoms with Crippen LogP contribution in [0.4, 0.5) is 0 Å². The molecule has 2 aromatic carbocycles. The van der Waals surface area contributed by atoms with Crippen molar-refractivity contribution in [3.05, 3.63) is 47.0 Å². The van der Waals surface area contributed by atoms with Crippen LogP contribution in [-0.2, 0) is 6.54 Å². The number of hydrogen-bond acceptors (Lipinski definition) is 4. The van der Waals surface area contributed by atoms with Gasteiger partial charge in [-0.15, -0.1) is 0 Å². The zero-order chi connectivity index (χ0) is 13.2. The van der Waals surface area contributed by atoms with E-state index in [2.05, 4.69) is 0 Å². The van der Waals surface area contributed by atoms with Crippen LogP contribution in [0.3, 0.4) is 0 Å². The summed E-state index contributed by atoms with van der Waals surface area (Å²) in [5, 5.41) is 0.598. The Morgan fingerprint density at radius 1 is 1.16 bits per heavy atom. The molecule has 19 heavy (non-hydrogen) atoms. The highest BCUT2D eigenvalue weighted by Gasteiger charge is 2.15. The summed E-state index contributed by atoms with van der Waals surface area (Å²) in [5.74, 6) is 2.70. The maximum absolute atomic E-state index is 6.08. The van der Waals surface area contributed by atoms with Gasteiger partial charge < -0.3 is 19.9 Å². The highest BCUT2D eigenvalue weighted by atomic mass is 35.5. The molecular weight excluding hydrogens is 266 g/mol. The number of benzene rings is 2. The number of nitrogens with two attached hydrogens (primary N) is 1. The first-order valence-corrected chi connectivity index (χ1v) is 6.20. The van der Waals surface area contributed by atoms with Crippen molar-refractivity contribution in [3.63, 3.8) is 0 Å². The molecule has 0 amide bonds. The largest absolute Gasteiger partial charge is 0.457 e. The van der Waals surface area contributed by atoms with Gasteiger partial charge in [-0.2, -0.15) is 0 Å². The summed E-state index contributed by atoms with van der Waals surface area (Å²) in [7, 11) is 0. The molecule has 0 atom stereocenters. The maximum Gasteiger partial charge on any atom is 0.231 e. The molecule has 0 unspecified atom stereocenters. The first-order valence-electron chi connectivity index (χ1n) is 5.83. The third-order valence-electron chi connectivity index (χ3n) is 2.85. The van der Waals surface area contributed by atoms with Crippen LogP contribution in [-0.4, -0.2) is 6.79 Å². The SMILES string of the molecule is NCc1c(Cl)cccc1Oc1ccc2c(c1)OCO2. The van der Waals surface area contributed by atoms with Crippen LogP contribution in [0.15, 0.2) is 36.4 Å². The van der Waals surface area contributed by atoms with E-state index in [-0.39, 0.29) is 6.79 Å². The van der Waals surface area contributed by atoms with Crippen LogP contribution in [0.2, 0.25) is 5.02 Å². The van der Waals surface area contributed by atoms with Crippen LogP contribution in [0.1, 0.15) is 5.56 Å². The molecule has 0 aromatic heterocycles. The Kier molecular flexibility index (Phi) is 3.19. The molecule has 4 nitrogen and oxygen atoms in total. The highest BCUT2D eigenvalue weighted by molar-refractivity contribution is 6.31. The van der Waals surface area contributed by atoms with Gasteiger partial charge >= 0.3 is 0 Å². The smallest absolute Gasteiger partial charge is 0.231 e. The van der Waals surface area contributed by atoms with Crippen molar-refractivity contribution < 1.29 is 14.2 Å². The van der Waals surface area contributed by atoms with Gasteiger partial charge in [0.1, 0.15) is 11.5 Å². The molecule has 1 heterocycles. The first kappa shape index (κ1) is 12.1. The van der Waals surface area contributed by atoms with Gasteiger partial charge in [0.2, 0.25) is 6.79 Å². The fourth-order valence-corrected chi connectivity index (χ4v) is 2.14. The lowest BCUT2D eigenvalue weighted by Crippen LogP contribution is -2.00. The molecule has 0 bridgehead atoms. The van der Waals surface area contributed by atoms with Crippen LogP contribution in [0, 0.1) is 0 Å². The van der Waals surface area contributed by atoms with E-state index in [1.165, 1.54) is 0 Å². The molecule has 5 heteroatoms. The number of ether oxygens (including phenoxy) is 3. The van der Waals surface area contributed by atoms with Gasteiger partial charge in [0.25, 0.3) is 0 Å². The zero-order valence-corrected chi connectivity index (χ0v) is 10.8. The van der Waals surface area contributed by atoms with Crippen LogP contribution < -0.4 is 19.9 Å². The predicted octanol–water partition coefficient (Wildman–Crippen LogP) is 3.32. The molecule has 2 aromatic rings. The van der Waals surface area contributed by atoms with E-state index in [1.54, 1.807) is 12.1 Å². The number of fused-ring (bicyclic) bond motifs is 1. The average Bonchev–Trinajstić information content (AvgIpc) is 2.86. The fraction of sp³-hybridized carbons (Fsp3) is 0.143. The van der Waals surface area contributed by atoms with Crippen molar-refractivity contribution in [1.29, 1.82) is 0 Å². The molecule has 0 saturated heterocycles. The Morgan fingerprint density at radius 2 is 2.00 bits per heavy atom. The number of halogens is 1. The normalized spacial score (nSPS) is 12.5. The average molecular weight is 278 g/mol. The second kappa shape index (κ2) is 4.99. The number of hydrogen-bond donors (Lipinski definition) is 1. The molecule has 0 radical (unpaired) electrons. The molecular formula is C14H12ClNO3. The van der Waals surface area contributed by atoms with Crippen molar-refractivity contribution >= 4 is 11.6 Å². The molecule has 0 saturated carbocycles. The molecule has 0 spiro atoms. The Balaban J connectivity index is 1.91. The van der Waals surface area contributed by atoms with Gasteiger partial charge in [-0.05, 0) is 24.3 Å². The van der Waals surface area contributed by atoms with Crippen molar-refractivity contribution in [2.45, 2.75) is 6.54 Å². The first-order chi connectivity index (χ1) is 9.28. The Bertz CT molecular complexity index is 616. The minimum atomic E-state index is 0.240. The second-order valence-corrected chi connectivity index (χ2v) is 4.44. The molecule has 0 fully saturated rings. The molecule has 1 aliphatic rings. The summed E-state index contributed by atoms with van der Waals surface area (Å²) in [6.45, 7) is 0.559. The van der Waals surface area contributed by atoms with Gasteiger partial charge in [-0.1, -0.05) is 17.7 Å². The third-order valence-corrected chi connectivity index (χ3v) is 3.21. The lowest BCUT2D eigenvalue weighted by molar-refractivity contribution is 0.174. The molecule has 2 N–H and O–H groups in total. The van der Waals surface area contributed by atoms with Crippen molar-refractivity contribution in [2.75, 3.05) is 6.79 Å². The van der Waals surface area contributed by atoms with E-state index >= 15 is 0 Å². The maximum atomic E-state index is 6.08. The summed E-state index contributed by atoms with van der Waals surface area (Å²) in [6, 6.07) is 10.8. The lowest BCUT2D eigenvalue weighted by atomic mass is 10.2. The Hall–Kier alpha value is -1.91.